The van der Waals surface area contributed by atoms with E-state index >= 15 is 0 Å². The van der Waals surface area contributed by atoms with Crippen LogP contribution in [-0.2, 0) is 11.2 Å². The highest BCUT2D eigenvalue weighted by Gasteiger charge is 2.13. The lowest BCUT2D eigenvalue weighted by Gasteiger charge is -2.04. The molecule has 0 aliphatic carbocycles. The number of hydrogen-bond donors (Lipinski definition) is 2. The van der Waals surface area contributed by atoms with Gasteiger partial charge in [0, 0.05) is 24.3 Å². The molecule has 3 aromatic rings. The van der Waals surface area contributed by atoms with Crippen LogP contribution in [0.3, 0.4) is 0 Å². The molecule has 0 saturated heterocycles. The number of anilines is 1. The summed E-state index contributed by atoms with van der Waals surface area (Å²) in [5.41, 5.74) is 1.39. The van der Waals surface area contributed by atoms with Crippen LogP contribution < -0.4 is 10.6 Å². The molecule has 2 N–H and O–H groups in total. The van der Waals surface area contributed by atoms with Gasteiger partial charge in [-0.15, -0.1) is 22.7 Å². The van der Waals surface area contributed by atoms with Gasteiger partial charge >= 0.3 is 0 Å². The molecule has 0 aliphatic rings. The Morgan fingerprint density at radius 1 is 1.18 bits per heavy atom. The summed E-state index contributed by atoms with van der Waals surface area (Å²) in [7, 11) is 0. The molecule has 5 nitrogen and oxygen atoms in total. The number of carbonyl (C=O) groups excluding carboxylic acids is 2. The standard InChI is InChI=1S/C20H20FN3O2S2/c1-13-17(12-14-6-2-3-7-15(14)21)28-20(23-13)24-18(25)9-4-10-22-19(26)16-8-5-11-27-16/h2-3,5-8,11H,4,9-10,12H2,1H3,(H,22,26)(H,23,24,25). The van der Waals surface area contributed by atoms with Gasteiger partial charge < -0.3 is 10.6 Å². The van der Waals surface area contributed by atoms with E-state index in [-0.39, 0.29) is 24.1 Å². The van der Waals surface area contributed by atoms with Crippen LogP contribution in [0.5, 0.6) is 0 Å². The van der Waals surface area contributed by atoms with Crippen LogP contribution >= 0.6 is 22.7 Å². The number of amides is 2. The zero-order chi connectivity index (χ0) is 19.9. The lowest BCUT2D eigenvalue weighted by Crippen LogP contribution is -2.24. The number of benzene rings is 1. The second-order valence-corrected chi connectivity index (χ2v) is 8.21. The Hall–Kier alpha value is -2.58. The molecule has 2 heterocycles. The van der Waals surface area contributed by atoms with Gasteiger partial charge in [-0.05, 0) is 36.4 Å². The maximum Gasteiger partial charge on any atom is 0.261 e. The second kappa shape index (κ2) is 9.57. The predicted molar refractivity (Wildman–Crippen MR) is 111 cm³/mol. The summed E-state index contributed by atoms with van der Waals surface area (Å²) in [6.07, 6.45) is 1.27. The van der Waals surface area contributed by atoms with Crippen molar-refractivity contribution in [3.8, 4) is 0 Å². The third-order valence-corrected chi connectivity index (χ3v) is 6.00. The second-order valence-electron chi connectivity index (χ2n) is 6.18. The van der Waals surface area contributed by atoms with Gasteiger partial charge in [-0.3, -0.25) is 9.59 Å². The van der Waals surface area contributed by atoms with E-state index in [2.05, 4.69) is 15.6 Å². The zero-order valence-electron chi connectivity index (χ0n) is 15.3. The summed E-state index contributed by atoms with van der Waals surface area (Å²) in [6, 6.07) is 10.2. The number of aryl methyl sites for hydroxylation is 1. The topological polar surface area (TPSA) is 71.1 Å². The molecule has 2 amide bonds. The summed E-state index contributed by atoms with van der Waals surface area (Å²) in [6.45, 7) is 2.28. The molecule has 0 radical (unpaired) electrons. The van der Waals surface area contributed by atoms with Gasteiger partial charge in [-0.25, -0.2) is 9.37 Å². The number of aromatic nitrogens is 1. The average molecular weight is 418 g/mol. The molecule has 0 atom stereocenters. The molecular weight excluding hydrogens is 397 g/mol. The fourth-order valence-electron chi connectivity index (χ4n) is 2.59. The van der Waals surface area contributed by atoms with Crippen molar-refractivity contribution in [3.63, 3.8) is 0 Å². The molecule has 8 heteroatoms. The smallest absolute Gasteiger partial charge is 0.261 e. The largest absolute Gasteiger partial charge is 0.351 e. The van der Waals surface area contributed by atoms with E-state index in [1.807, 2.05) is 18.4 Å². The van der Waals surface area contributed by atoms with Gasteiger partial charge in [0.2, 0.25) is 5.91 Å². The van der Waals surface area contributed by atoms with E-state index in [0.29, 0.717) is 35.0 Å². The third kappa shape index (κ3) is 5.46. The Kier molecular flexibility index (Phi) is 6.89. The maximum atomic E-state index is 13.8. The van der Waals surface area contributed by atoms with Crippen LogP contribution in [0.2, 0.25) is 0 Å². The van der Waals surface area contributed by atoms with Crippen molar-refractivity contribution in [3.05, 3.63) is 68.6 Å². The third-order valence-electron chi connectivity index (χ3n) is 4.06. The molecule has 0 saturated carbocycles. The Bertz CT molecular complexity index is 954. The highest BCUT2D eigenvalue weighted by atomic mass is 32.1. The molecule has 146 valence electrons. The molecule has 0 bridgehead atoms. The van der Waals surface area contributed by atoms with E-state index in [9.17, 15) is 14.0 Å². The number of thiazole rings is 1. The average Bonchev–Trinajstić information content (AvgIpc) is 3.31. The zero-order valence-corrected chi connectivity index (χ0v) is 17.0. The van der Waals surface area contributed by atoms with Crippen LogP contribution in [0.15, 0.2) is 41.8 Å². The normalized spacial score (nSPS) is 10.6. The van der Waals surface area contributed by atoms with Gasteiger partial charge in [0.15, 0.2) is 5.13 Å². The Morgan fingerprint density at radius 3 is 2.75 bits per heavy atom. The quantitative estimate of drug-likeness (QED) is 0.534. The first-order valence-corrected chi connectivity index (χ1v) is 10.5. The number of hydrogen-bond acceptors (Lipinski definition) is 5. The fourth-order valence-corrected chi connectivity index (χ4v) is 4.23. The van der Waals surface area contributed by atoms with Crippen LogP contribution in [0.25, 0.3) is 0 Å². The Morgan fingerprint density at radius 2 is 2.00 bits per heavy atom. The lowest BCUT2D eigenvalue weighted by molar-refractivity contribution is -0.116. The van der Waals surface area contributed by atoms with Crippen molar-refractivity contribution in [2.24, 2.45) is 0 Å². The number of carbonyl (C=O) groups is 2. The number of nitrogens with zero attached hydrogens (tertiary/aromatic N) is 1. The van der Waals surface area contributed by atoms with E-state index in [4.69, 9.17) is 0 Å². The first kappa shape index (κ1) is 20.2. The van der Waals surface area contributed by atoms with E-state index in [0.717, 1.165) is 10.6 Å². The molecule has 3 rings (SSSR count). The van der Waals surface area contributed by atoms with Crippen LogP contribution in [0.1, 0.15) is 38.6 Å². The molecule has 28 heavy (non-hydrogen) atoms. The molecule has 2 aromatic heterocycles. The summed E-state index contributed by atoms with van der Waals surface area (Å²) < 4.78 is 13.8. The highest BCUT2D eigenvalue weighted by Crippen LogP contribution is 2.26. The monoisotopic (exact) mass is 417 g/mol. The fraction of sp³-hybridized carbons (Fsp3) is 0.250. The van der Waals surface area contributed by atoms with Crippen molar-refractivity contribution in [2.75, 3.05) is 11.9 Å². The molecule has 0 spiro atoms. The SMILES string of the molecule is Cc1nc(NC(=O)CCCNC(=O)c2cccs2)sc1Cc1ccccc1F. The minimum atomic E-state index is -0.245. The van der Waals surface area contributed by atoms with Crippen molar-refractivity contribution >= 4 is 39.6 Å². The van der Waals surface area contributed by atoms with Gasteiger partial charge in [-0.2, -0.15) is 0 Å². The van der Waals surface area contributed by atoms with E-state index < -0.39 is 0 Å². The van der Waals surface area contributed by atoms with Crippen molar-refractivity contribution in [1.82, 2.24) is 10.3 Å². The van der Waals surface area contributed by atoms with Gasteiger partial charge in [0.1, 0.15) is 5.82 Å². The maximum absolute atomic E-state index is 13.8. The molecule has 0 unspecified atom stereocenters. The van der Waals surface area contributed by atoms with Gasteiger partial charge in [0.05, 0.1) is 10.6 Å². The van der Waals surface area contributed by atoms with Crippen LogP contribution in [0, 0.1) is 12.7 Å². The molecular formula is C20H20FN3O2S2. The van der Waals surface area contributed by atoms with Gasteiger partial charge in [0.25, 0.3) is 5.91 Å². The Balaban J connectivity index is 1.45. The number of nitrogens with one attached hydrogen (secondary N) is 2. The van der Waals surface area contributed by atoms with Crippen molar-refractivity contribution < 1.29 is 14.0 Å². The lowest BCUT2D eigenvalue weighted by atomic mass is 10.1. The van der Waals surface area contributed by atoms with Crippen molar-refractivity contribution in [1.29, 1.82) is 0 Å². The first-order valence-electron chi connectivity index (χ1n) is 8.84. The highest BCUT2D eigenvalue weighted by molar-refractivity contribution is 7.15. The van der Waals surface area contributed by atoms with Crippen LogP contribution in [-0.4, -0.2) is 23.3 Å². The molecule has 1 aromatic carbocycles. The van der Waals surface area contributed by atoms with Crippen molar-refractivity contribution in [2.45, 2.75) is 26.2 Å². The number of halogens is 1. The van der Waals surface area contributed by atoms with Crippen LogP contribution in [0.4, 0.5) is 9.52 Å². The predicted octanol–water partition coefficient (Wildman–Crippen LogP) is 4.39. The molecule has 0 fully saturated rings. The summed E-state index contributed by atoms with van der Waals surface area (Å²) >= 11 is 2.74. The summed E-state index contributed by atoms with van der Waals surface area (Å²) in [4.78, 5) is 29.9. The summed E-state index contributed by atoms with van der Waals surface area (Å²) in [5, 5.41) is 7.93. The minimum absolute atomic E-state index is 0.122. The minimum Gasteiger partial charge on any atom is -0.351 e. The van der Waals surface area contributed by atoms with E-state index in [1.54, 1.807) is 24.3 Å². The first-order chi connectivity index (χ1) is 13.5. The molecule has 0 aliphatic heterocycles. The van der Waals surface area contributed by atoms with E-state index in [1.165, 1.54) is 28.7 Å². The number of thiophene rings is 1. The number of rotatable bonds is 8. The van der Waals surface area contributed by atoms with Gasteiger partial charge in [-0.1, -0.05) is 24.3 Å². The summed E-state index contributed by atoms with van der Waals surface area (Å²) in [5.74, 6) is -0.522. The Labute approximate surface area is 170 Å².